The second-order valence-corrected chi connectivity index (χ2v) is 6.96. The number of halogens is 1. The summed E-state index contributed by atoms with van der Waals surface area (Å²) in [7, 11) is 5.99. The average Bonchev–Trinajstić information content (AvgIpc) is 2.49. The maximum Gasteiger partial charge on any atom is 0.163 e. The minimum absolute atomic E-state index is 0. The van der Waals surface area contributed by atoms with Crippen LogP contribution >= 0.6 is 0 Å². The first kappa shape index (κ1) is 19.2. The van der Waals surface area contributed by atoms with Gasteiger partial charge in [0.25, 0.3) is 0 Å². The van der Waals surface area contributed by atoms with E-state index < -0.39 is 6.10 Å². The minimum atomic E-state index is -0.622. The molecule has 0 aliphatic carbocycles. The smallest absolute Gasteiger partial charge is 0.163 e. The molecule has 6 nitrogen and oxygen atoms in total. The number of para-hydroxylation sites is 2. The fourth-order valence-corrected chi connectivity index (χ4v) is 2.63. The minimum Gasteiger partial charge on any atom is -1.00 e. The maximum absolute atomic E-state index is 10.1. The Hall–Kier alpha value is -2.15. The first-order valence-electron chi connectivity index (χ1n) is 7.83. The van der Waals surface area contributed by atoms with Crippen molar-refractivity contribution in [2.24, 2.45) is 0 Å². The van der Waals surface area contributed by atoms with Crippen molar-refractivity contribution in [1.82, 2.24) is 9.97 Å². The van der Waals surface area contributed by atoms with E-state index in [-0.39, 0.29) is 24.8 Å². The van der Waals surface area contributed by atoms with E-state index in [0.717, 1.165) is 11.0 Å². The number of fused-ring (bicyclic) bond motifs is 2. The molecule has 1 unspecified atom stereocenters. The van der Waals surface area contributed by atoms with Crippen molar-refractivity contribution in [3.63, 3.8) is 0 Å². The summed E-state index contributed by atoms with van der Waals surface area (Å²) in [5.41, 5.74) is 2.80. The third-order valence-electron chi connectivity index (χ3n) is 3.61. The lowest BCUT2D eigenvalue weighted by molar-refractivity contribution is -0.873. The number of benzene rings is 2. The quantitative estimate of drug-likeness (QED) is 0.446. The summed E-state index contributed by atoms with van der Waals surface area (Å²) in [6.07, 6.45) is -0.622. The number of hydrogen-bond donors (Lipinski definition) is 2. The van der Waals surface area contributed by atoms with Crippen LogP contribution in [0.25, 0.3) is 22.1 Å². The van der Waals surface area contributed by atoms with E-state index in [2.05, 4.69) is 9.97 Å². The predicted octanol–water partition coefficient (Wildman–Crippen LogP) is -1.06. The zero-order chi connectivity index (χ0) is 17.3. The van der Waals surface area contributed by atoms with Crippen LogP contribution in [0.15, 0.2) is 36.4 Å². The molecule has 0 bridgehead atoms. The first-order chi connectivity index (χ1) is 11.3. The van der Waals surface area contributed by atoms with Crippen molar-refractivity contribution in [3.05, 3.63) is 36.4 Å². The number of phenolic OH excluding ortho intramolecular Hbond substituents is 1. The van der Waals surface area contributed by atoms with E-state index in [0.29, 0.717) is 27.8 Å². The summed E-state index contributed by atoms with van der Waals surface area (Å²) in [4.78, 5) is 9.04. The lowest BCUT2D eigenvalue weighted by Gasteiger charge is -2.26. The number of aromatic hydroxyl groups is 1. The molecule has 1 atom stereocenters. The van der Waals surface area contributed by atoms with Crippen LogP contribution in [0, 0.1) is 0 Å². The molecule has 0 amide bonds. The number of ether oxygens (including phenoxy) is 1. The van der Waals surface area contributed by atoms with Crippen molar-refractivity contribution < 1.29 is 31.8 Å². The van der Waals surface area contributed by atoms with Crippen LogP contribution in [-0.4, -0.2) is 65.1 Å². The number of aromatic nitrogens is 2. The molecule has 1 aromatic heterocycles. The van der Waals surface area contributed by atoms with Crippen LogP contribution in [0.5, 0.6) is 11.5 Å². The highest BCUT2D eigenvalue weighted by Gasteiger charge is 2.17. The monoisotopic (exact) mass is 363 g/mol. The number of likely N-dealkylation sites (N-methyl/N-ethyl adjacent to an activating group) is 1. The summed E-state index contributed by atoms with van der Waals surface area (Å²) in [6, 6.07) is 10.8. The lowest BCUT2D eigenvalue weighted by atomic mass is 10.2. The lowest BCUT2D eigenvalue weighted by Crippen LogP contribution is -3.00. The van der Waals surface area contributed by atoms with E-state index >= 15 is 0 Å². The number of aliphatic hydroxyl groups excluding tert-OH is 1. The van der Waals surface area contributed by atoms with Crippen LogP contribution in [-0.2, 0) is 0 Å². The molecule has 1 heterocycles. The maximum atomic E-state index is 10.1. The highest BCUT2D eigenvalue weighted by molar-refractivity contribution is 5.87. The molecule has 0 saturated heterocycles. The molecule has 7 heteroatoms. The molecule has 0 aliphatic rings. The van der Waals surface area contributed by atoms with Crippen molar-refractivity contribution in [3.8, 4) is 11.5 Å². The van der Waals surface area contributed by atoms with Crippen molar-refractivity contribution in [2.75, 3.05) is 34.3 Å². The summed E-state index contributed by atoms with van der Waals surface area (Å²) in [5, 5.41) is 20.2. The van der Waals surface area contributed by atoms with Gasteiger partial charge in [-0.05, 0) is 12.1 Å². The van der Waals surface area contributed by atoms with Gasteiger partial charge in [-0.1, -0.05) is 12.1 Å². The summed E-state index contributed by atoms with van der Waals surface area (Å²) < 4.78 is 6.22. The fourth-order valence-electron chi connectivity index (χ4n) is 2.63. The molecule has 2 aromatic carbocycles. The number of aliphatic hydroxyl groups is 1. The molecule has 0 aliphatic heterocycles. The van der Waals surface area contributed by atoms with Gasteiger partial charge in [-0.2, -0.15) is 0 Å². The van der Waals surface area contributed by atoms with Crippen LogP contribution in [0.2, 0.25) is 0 Å². The molecular weight excluding hydrogens is 342 g/mol. The molecule has 0 radical (unpaired) electrons. The largest absolute Gasteiger partial charge is 1.00 e. The van der Waals surface area contributed by atoms with E-state index in [1.54, 1.807) is 6.07 Å². The van der Waals surface area contributed by atoms with Gasteiger partial charge in [-0.15, -0.1) is 0 Å². The standard InChI is InChI=1S/C18H21N3O3.ClH/c1-21(2,3)10-12(22)11-24-18-9-16-15(8-17(18)23)19-13-6-4-5-7-14(13)20-16;/h4-9,12,22H,10-11H2,1-3H3;1H. The van der Waals surface area contributed by atoms with Crippen LogP contribution in [0.3, 0.4) is 0 Å². The van der Waals surface area contributed by atoms with Gasteiger partial charge in [0.1, 0.15) is 19.3 Å². The van der Waals surface area contributed by atoms with Crippen LogP contribution in [0.1, 0.15) is 0 Å². The van der Waals surface area contributed by atoms with E-state index in [1.165, 1.54) is 6.07 Å². The second-order valence-electron chi connectivity index (χ2n) is 6.96. The Kier molecular flexibility index (Phi) is 5.67. The van der Waals surface area contributed by atoms with E-state index in [9.17, 15) is 10.2 Å². The van der Waals surface area contributed by atoms with Gasteiger partial charge in [0.15, 0.2) is 11.5 Å². The number of quaternary nitrogens is 1. The SMILES string of the molecule is C[N+](C)(C)CC(O)COc1cc2nc3ccccc3nc2cc1O.[Cl-]. The number of rotatable bonds is 5. The normalized spacial score (nSPS) is 12.8. The molecule has 3 aromatic rings. The topological polar surface area (TPSA) is 75.5 Å². The Morgan fingerprint density at radius 3 is 2.12 bits per heavy atom. The number of phenols is 1. The first-order valence-corrected chi connectivity index (χ1v) is 7.83. The predicted molar refractivity (Wildman–Crippen MR) is 93.1 cm³/mol. The summed E-state index contributed by atoms with van der Waals surface area (Å²) in [6.45, 7) is 0.661. The second kappa shape index (κ2) is 7.39. The zero-order valence-electron chi connectivity index (χ0n) is 14.5. The van der Waals surface area contributed by atoms with Crippen LogP contribution < -0.4 is 17.1 Å². The molecular formula is C18H22ClN3O3. The highest BCUT2D eigenvalue weighted by Crippen LogP contribution is 2.31. The molecule has 0 fully saturated rings. The molecule has 0 saturated carbocycles. The van der Waals surface area contributed by atoms with Crippen molar-refractivity contribution in [2.45, 2.75) is 6.10 Å². The van der Waals surface area contributed by atoms with Gasteiger partial charge in [-0.3, -0.25) is 0 Å². The Balaban J connectivity index is 0.00000225. The highest BCUT2D eigenvalue weighted by atomic mass is 35.5. The molecule has 0 spiro atoms. The molecule has 3 rings (SSSR count). The zero-order valence-corrected chi connectivity index (χ0v) is 15.2. The van der Waals surface area contributed by atoms with Gasteiger partial charge >= 0.3 is 0 Å². The van der Waals surface area contributed by atoms with Gasteiger partial charge < -0.3 is 31.8 Å². The van der Waals surface area contributed by atoms with Gasteiger partial charge in [0.2, 0.25) is 0 Å². The molecule has 25 heavy (non-hydrogen) atoms. The third-order valence-corrected chi connectivity index (χ3v) is 3.61. The molecule has 2 N–H and O–H groups in total. The van der Waals surface area contributed by atoms with Crippen molar-refractivity contribution in [1.29, 1.82) is 0 Å². The number of hydrogen-bond acceptors (Lipinski definition) is 5. The Morgan fingerprint density at radius 1 is 1.00 bits per heavy atom. The Labute approximate surface area is 152 Å². The summed E-state index contributed by atoms with van der Waals surface area (Å²) in [5.74, 6) is 0.289. The van der Waals surface area contributed by atoms with Crippen LogP contribution in [0.4, 0.5) is 0 Å². The third kappa shape index (κ3) is 4.69. The fraction of sp³-hybridized carbons (Fsp3) is 0.333. The Morgan fingerprint density at radius 2 is 1.56 bits per heavy atom. The number of nitrogens with zero attached hydrogens (tertiary/aromatic N) is 3. The van der Waals surface area contributed by atoms with E-state index in [1.807, 2.05) is 45.4 Å². The molecule has 134 valence electrons. The van der Waals surface area contributed by atoms with Crippen molar-refractivity contribution >= 4 is 22.1 Å². The average molecular weight is 364 g/mol. The van der Waals surface area contributed by atoms with Gasteiger partial charge in [0.05, 0.1) is 43.2 Å². The summed E-state index contributed by atoms with van der Waals surface area (Å²) >= 11 is 0. The Bertz CT molecular complexity index is 880. The van der Waals surface area contributed by atoms with Gasteiger partial charge in [0, 0.05) is 12.1 Å². The van der Waals surface area contributed by atoms with E-state index in [4.69, 9.17) is 4.74 Å². The van der Waals surface area contributed by atoms with Gasteiger partial charge in [-0.25, -0.2) is 9.97 Å².